The maximum Gasteiger partial charge on any atom is 0.338 e. The molecular formula is C4H6BrClO2. The molecule has 0 N–H and O–H groups in total. The van der Waals surface area contributed by atoms with Crippen molar-refractivity contribution in [2.75, 3.05) is 0 Å². The van der Waals surface area contributed by atoms with Crippen molar-refractivity contribution in [3.63, 3.8) is 0 Å². The lowest BCUT2D eigenvalue weighted by molar-refractivity contribution is -0.133. The van der Waals surface area contributed by atoms with E-state index in [1.807, 2.05) is 6.92 Å². The van der Waals surface area contributed by atoms with Gasteiger partial charge in [-0.15, -0.1) is 0 Å². The normalized spacial score (nSPS) is 12.9. The minimum absolute atomic E-state index is 0.264. The average molecular weight is 201 g/mol. The van der Waals surface area contributed by atoms with E-state index in [2.05, 4.69) is 20.2 Å². The highest BCUT2D eigenvalue weighted by Gasteiger charge is 2.12. The third-order valence-corrected chi connectivity index (χ3v) is 1.86. The van der Waals surface area contributed by atoms with E-state index in [1.165, 1.54) is 0 Å². The first-order valence-corrected chi connectivity index (χ1v) is 3.41. The predicted molar refractivity (Wildman–Crippen MR) is 35.0 cm³/mol. The highest BCUT2D eigenvalue weighted by molar-refractivity contribution is 9.10. The van der Waals surface area contributed by atoms with Crippen LogP contribution in [0.4, 0.5) is 0 Å². The zero-order chi connectivity index (χ0) is 6.57. The van der Waals surface area contributed by atoms with Crippen LogP contribution in [0.3, 0.4) is 0 Å². The molecule has 0 saturated heterocycles. The van der Waals surface area contributed by atoms with Gasteiger partial charge in [0.15, 0.2) is 0 Å². The van der Waals surface area contributed by atoms with Crippen molar-refractivity contribution < 1.29 is 9.08 Å². The summed E-state index contributed by atoms with van der Waals surface area (Å²) in [6, 6.07) is 0. The van der Waals surface area contributed by atoms with Crippen molar-refractivity contribution in [1.82, 2.24) is 0 Å². The van der Waals surface area contributed by atoms with E-state index in [-0.39, 0.29) is 4.83 Å². The van der Waals surface area contributed by atoms with Crippen molar-refractivity contribution in [2.24, 2.45) is 0 Å². The van der Waals surface area contributed by atoms with Gasteiger partial charge in [0.2, 0.25) is 0 Å². The van der Waals surface area contributed by atoms with E-state index in [9.17, 15) is 4.79 Å². The molecule has 0 saturated carbocycles. The second-order valence-electron chi connectivity index (χ2n) is 1.27. The Bertz CT molecular complexity index is 86.1. The smallest absolute Gasteiger partial charge is 0.338 e. The Morgan fingerprint density at radius 3 is 2.62 bits per heavy atom. The molecule has 0 bridgehead atoms. The third-order valence-electron chi connectivity index (χ3n) is 0.690. The second kappa shape index (κ2) is 4.15. The standard InChI is InChI=1S/C4H6BrClO2/c1-2-3(5)4(7)8-6/h3H,2H2,1H3. The molecule has 48 valence electrons. The number of hydrogen-bond donors (Lipinski definition) is 0. The van der Waals surface area contributed by atoms with E-state index in [0.29, 0.717) is 6.42 Å². The highest BCUT2D eigenvalue weighted by Crippen LogP contribution is 2.06. The summed E-state index contributed by atoms with van der Waals surface area (Å²) in [4.78, 5) is 10.1. The Morgan fingerprint density at radius 1 is 2.00 bits per heavy atom. The molecular weight excluding hydrogens is 195 g/mol. The summed E-state index contributed by atoms with van der Waals surface area (Å²) in [5, 5.41) is 0. The molecule has 0 aromatic rings. The van der Waals surface area contributed by atoms with Crippen LogP contribution in [0.15, 0.2) is 0 Å². The summed E-state index contributed by atoms with van der Waals surface area (Å²) < 4.78 is 3.89. The molecule has 0 aromatic carbocycles. The van der Waals surface area contributed by atoms with Gasteiger partial charge in [-0.2, -0.15) is 0 Å². The van der Waals surface area contributed by atoms with Crippen molar-refractivity contribution in [1.29, 1.82) is 0 Å². The van der Waals surface area contributed by atoms with Gasteiger partial charge in [-0.25, -0.2) is 4.79 Å². The van der Waals surface area contributed by atoms with Gasteiger partial charge in [0.1, 0.15) is 16.7 Å². The topological polar surface area (TPSA) is 26.3 Å². The molecule has 0 aliphatic carbocycles. The van der Waals surface area contributed by atoms with Crippen LogP contribution in [0.1, 0.15) is 13.3 Å². The van der Waals surface area contributed by atoms with Crippen LogP contribution in [-0.2, 0) is 9.08 Å². The molecule has 0 amide bonds. The Balaban J connectivity index is 3.46. The largest absolute Gasteiger partial charge is 0.346 e. The van der Waals surface area contributed by atoms with Gasteiger partial charge in [0.05, 0.1) is 0 Å². The quantitative estimate of drug-likeness (QED) is 0.638. The average Bonchev–Trinajstić information content (AvgIpc) is 1.84. The SMILES string of the molecule is CCC(Br)C(=O)OCl. The summed E-state index contributed by atoms with van der Waals surface area (Å²) in [7, 11) is 0. The fraction of sp³-hybridized carbons (Fsp3) is 0.750. The minimum atomic E-state index is -0.436. The number of halogens is 2. The lowest BCUT2D eigenvalue weighted by Crippen LogP contribution is -2.11. The van der Waals surface area contributed by atoms with Gasteiger partial charge >= 0.3 is 5.97 Å². The van der Waals surface area contributed by atoms with Gasteiger partial charge in [-0.1, -0.05) is 22.9 Å². The van der Waals surface area contributed by atoms with Crippen molar-refractivity contribution in [2.45, 2.75) is 18.2 Å². The van der Waals surface area contributed by atoms with E-state index < -0.39 is 5.97 Å². The molecule has 1 atom stereocenters. The molecule has 0 rings (SSSR count). The number of carbonyl (C=O) groups excluding carboxylic acids is 1. The lowest BCUT2D eigenvalue weighted by Gasteiger charge is -1.98. The van der Waals surface area contributed by atoms with Crippen LogP contribution in [0.2, 0.25) is 0 Å². The number of rotatable bonds is 2. The molecule has 2 nitrogen and oxygen atoms in total. The van der Waals surface area contributed by atoms with Crippen molar-refractivity contribution in [3.05, 3.63) is 0 Å². The second-order valence-corrected chi connectivity index (χ2v) is 2.53. The van der Waals surface area contributed by atoms with Crippen LogP contribution < -0.4 is 0 Å². The van der Waals surface area contributed by atoms with Gasteiger partial charge < -0.3 is 4.29 Å². The third kappa shape index (κ3) is 2.52. The van der Waals surface area contributed by atoms with Crippen LogP contribution >= 0.6 is 27.8 Å². The fourth-order valence-corrected chi connectivity index (χ4v) is 0.524. The van der Waals surface area contributed by atoms with E-state index in [0.717, 1.165) is 0 Å². The molecule has 0 aliphatic rings. The van der Waals surface area contributed by atoms with Gasteiger partial charge in [0, 0.05) is 0 Å². The molecule has 0 fully saturated rings. The van der Waals surface area contributed by atoms with E-state index in [4.69, 9.17) is 11.9 Å². The number of carbonyl (C=O) groups is 1. The monoisotopic (exact) mass is 200 g/mol. The Morgan fingerprint density at radius 2 is 2.50 bits per heavy atom. The Kier molecular flexibility index (Phi) is 4.28. The van der Waals surface area contributed by atoms with E-state index in [1.54, 1.807) is 0 Å². The molecule has 8 heavy (non-hydrogen) atoms. The first-order valence-electron chi connectivity index (χ1n) is 2.18. The molecule has 0 aromatic heterocycles. The van der Waals surface area contributed by atoms with Crippen molar-refractivity contribution >= 4 is 33.8 Å². The van der Waals surface area contributed by atoms with Gasteiger partial charge in [-0.05, 0) is 6.42 Å². The van der Waals surface area contributed by atoms with Crippen molar-refractivity contribution in [3.8, 4) is 0 Å². The zero-order valence-electron chi connectivity index (χ0n) is 4.36. The van der Waals surface area contributed by atoms with Crippen LogP contribution in [0.5, 0.6) is 0 Å². The molecule has 4 heteroatoms. The highest BCUT2D eigenvalue weighted by atomic mass is 79.9. The summed E-state index contributed by atoms with van der Waals surface area (Å²) in [6.45, 7) is 1.85. The Labute approximate surface area is 61.5 Å². The van der Waals surface area contributed by atoms with Crippen LogP contribution in [0, 0.1) is 0 Å². The summed E-state index contributed by atoms with van der Waals surface area (Å²) in [6.07, 6.45) is 0.686. The summed E-state index contributed by atoms with van der Waals surface area (Å²) >= 11 is 7.79. The van der Waals surface area contributed by atoms with Crippen LogP contribution in [-0.4, -0.2) is 10.8 Å². The van der Waals surface area contributed by atoms with Crippen LogP contribution in [0.25, 0.3) is 0 Å². The van der Waals surface area contributed by atoms with Gasteiger partial charge in [0.25, 0.3) is 0 Å². The predicted octanol–water partition coefficient (Wildman–Crippen LogP) is 1.86. The maximum atomic E-state index is 10.3. The minimum Gasteiger partial charge on any atom is -0.346 e. The molecule has 0 heterocycles. The number of alkyl halides is 1. The maximum absolute atomic E-state index is 10.3. The molecule has 0 aliphatic heterocycles. The fourth-order valence-electron chi connectivity index (χ4n) is 0.215. The van der Waals surface area contributed by atoms with Gasteiger partial charge in [-0.3, -0.25) is 0 Å². The van der Waals surface area contributed by atoms with E-state index >= 15 is 0 Å². The first kappa shape index (κ1) is 8.24. The summed E-state index contributed by atoms with van der Waals surface area (Å²) in [5.41, 5.74) is 0. The number of hydrogen-bond acceptors (Lipinski definition) is 2. The lowest BCUT2D eigenvalue weighted by atomic mass is 10.3. The zero-order valence-corrected chi connectivity index (χ0v) is 6.70. The summed E-state index contributed by atoms with van der Waals surface area (Å²) in [5.74, 6) is -0.436. The molecule has 1 unspecified atom stereocenters. The first-order chi connectivity index (χ1) is 3.72. The molecule has 0 spiro atoms. The molecule has 0 radical (unpaired) electrons. The Hall–Kier alpha value is 0.240.